The Morgan fingerprint density at radius 3 is 3.00 bits per heavy atom. The first-order valence-electron chi connectivity index (χ1n) is 8.90. The van der Waals surface area contributed by atoms with Gasteiger partial charge in [0, 0.05) is 52.5 Å². The summed E-state index contributed by atoms with van der Waals surface area (Å²) < 4.78 is 6.44. The molecule has 24 heavy (non-hydrogen) atoms. The van der Waals surface area contributed by atoms with E-state index >= 15 is 0 Å². The van der Waals surface area contributed by atoms with Gasteiger partial charge in [0.05, 0.1) is 0 Å². The SMILES string of the molecule is CNCc1ccc(-c2cnc3c(c2)C[C@@]2(CN4CCC2CC4)O3)s1. The van der Waals surface area contributed by atoms with Gasteiger partial charge in [-0.3, -0.25) is 4.90 Å². The number of nitrogens with one attached hydrogen (secondary N) is 1. The number of aromatic nitrogens is 1. The highest BCUT2D eigenvalue weighted by atomic mass is 32.1. The van der Waals surface area contributed by atoms with Crippen LogP contribution in [0.1, 0.15) is 23.3 Å². The van der Waals surface area contributed by atoms with Crippen LogP contribution in [0.25, 0.3) is 10.4 Å². The second kappa shape index (κ2) is 5.55. The third kappa shape index (κ3) is 2.30. The number of hydrogen-bond donors (Lipinski definition) is 1. The normalized spacial score (nSPS) is 30.5. The number of nitrogens with zero attached hydrogens (tertiary/aromatic N) is 2. The lowest BCUT2D eigenvalue weighted by atomic mass is 9.73. The van der Waals surface area contributed by atoms with Gasteiger partial charge in [0.1, 0.15) is 5.60 Å². The fourth-order valence-electron chi connectivity index (χ4n) is 4.65. The fourth-order valence-corrected chi connectivity index (χ4v) is 5.65. The molecule has 4 nitrogen and oxygen atoms in total. The molecule has 0 radical (unpaired) electrons. The van der Waals surface area contributed by atoms with E-state index in [9.17, 15) is 0 Å². The van der Waals surface area contributed by atoms with Crippen molar-refractivity contribution in [2.45, 2.75) is 31.4 Å². The lowest BCUT2D eigenvalue weighted by Gasteiger charge is -2.50. The molecule has 2 aromatic rings. The predicted octanol–water partition coefficient (Wildman–Crippen LogP) is 2.93. The number of piperidine rings is 3. The summed E-state index contributed by atoms with van der Waals surface area (Å²) >= 11 is 1.84. The molecule has 0 aromatic carbocycles. The van der Waals surface area contributed by atoms with Crippen LogP contribution in [0.2, 0.25) is 0 Å². The number of ether oxygens (including phenoxy) is 1. The zero-order valence-corrected chi connectivity index (χ0v) is 14.9. The fraction of sp³-hybridized carbons (Fsp3) is 0.526. The molecule has 0 amide bonds. The van der Waals surface area contributed by atoms with Crippen LogP contribution in [-0.2, 0) is 13.0 Å². The van der Waals surface area contributed by atoms with Crippen LogP contribution < -0.4 is 10.1 Å². The second-order valence-corrected chi connectivity index (χ2v) is 8.55. The minimum Gasteiger partial charge on any atom is -0.469 e. The minimum atomic E-state index is -0.00278. The third-order valence-electron chi connectivity index (χ3n) is 5.83. The highest BCUT2D eigenvalue weighted by Gasteiger charge is 2.52. The summed E-state index contributed by atoms with van der Waals surface area (Å²) in [4.78, 5) is 9.90. The smallest absolute Gasteiger partial charge is 0.217 e. The molecule has 2 aromatic heterocycles. The van der Waals surface area contributed by atoms with E-state index in [-0.39, 0.29) is 5.60 Å². The van der Waals surface area contributed by atoms with Crippen LogP contribution in [-0.4, -0.2) is 42.2 Å². The van der Waals surface area contributed by atoms with E-state index in [1.165, 1.54) is 46.8 Å². The molecule has 4 aliphatic rings. The largest absolute Gasteiger partial charge is 0.469 e. The molecule has 126 valence electrons. The molecular weight excluding hydrogens is 318 g/mol. The molecule has 1 atom stereocenters. The minimum absolute atomic E-state index is 0.00278. The van der Waals surface area contributed by atoms with E-state index in [1.807, 2.05) is 24.6 Å². The average Bonchev–Trinajstić information content (AvgIpc) is 3.19. The molecule has 3 saturated heterocycles. The molecule has 5 heteroatoms. The summed E-state index contributed by atoms with van der Waals surface area (Å²) in [6.45, 7) is 4.49. The van der Waals surface area contributed by atoms with Crippen molar-refractivity contribution in [2.24, 2.45) is 5.92 Å². The maximum atomic E-state index is 6.44. The summed E-state index contributed by atoms with van der Waals surface area (Å²) in [7, 11) is 1.99. The Bertz CT molecular complexity index is 766. The van der Waals surface area contributed by atoms with Crippen molar-refractivity contribution in [1.82, 2.24) is 15.2 Å². The van der Waals surface area contributed by atoms with E-state index in [1.54, 1.807) is 0 Å². The van der Waals surface area contributed by atoms with Crippen molar-refractivity contribution in [1.29, 1.82) is 0 Å². The van der Waals surface area contributed by atoms with Crippen molar-refractivity contribution in [3.63, 3.8) is 0 Å². The van der Waals surface area contributed by atoms with E-state index < -0.39 is 0 Å². The van der Waals surface area contributed by atoms with Gasteiger partial charge in [0.2, 0.25) is 5.88 Å². The topological polar surface area (TPSA) is 37.4 Å². The van der Waals surface area contributed by atoms with Gasteiger partial charge >= 0.3 is 0 Å². The van der Waals surface area contributed by atoms with E-state index in [4.69, 9.17) is 4.74 Å². The predicted molar refractivity (Wildman–Crippen MR) is 96.5 cm³/mol. The van der Waals surface area contributed by atoms with Gasteiger partial charge in [-0.1, -0.05) is 0 Å². The molecule has 0 saturated carbocycles. The van der Waals surface area contributed by atoms with E-state index in [0.29, 0.717) is 5.92 Å². The maximum Gasteiger partial charge on any atom is 0.217 e. The van der Waals surface area contributed by atoms with Crippen molar-refractivity contribution < 1.29 is 4.74 Å². The van der Waals surface area contributed by atoms with Crippen LogP contribution in [0.4, 0.5) is 0 Å². The summed E-state index contributed by atoms with van der Waals surface area (Å²) in [6.07, 6.45) is 5.56. The lowest BCUT2D eigenvalue weighted by Crippen LogP contribution is -2.61. The molecule has 3 fully saturated rings. The van der Waals surface area contributed by atoms with Crippen LogP contribution in [0.3, 0.4) is 0 Å². The Balaban J connectivity index is 1.43. The summed E-state index contributed by atoms with van der Waals surface area (Å²) in [5.41, 5.74) is 2.52. The zero-order valence-electron chi connectivity index (χ0n) is 14.0. The van der Waals surface area contributed by atoms with Gasteiger partial charge < -0.3 is 10.1 Å². The Kier molecular flexibility index (Phi) is 3.44. The van der Waals surface area contributed by atoms with Crippen LogP contribution in [0.5, 0.6) is 5.88 Å². The van der Waals surface area contributed by atoms with Crippen molar-refractivity contribution in [3.8, 4) is 16.3 Å². The molecule has 6 rings (SSSR count). The Morgan fingerprint density at radius 2 is 2.25 bits per heavy atom. The second-order valence-electron chi connectivity index (χ2n) is 7.38. The zero-order chi connectivity index (χ0) is 16.1. The summed E-state index contributed by atoms with van der Waals surface area (Å²) in [6, 6.07) is 6.72. The molecular formula is C19H23N3OS. The summed E-state index contributed by atoms with van der Waals surface area (Å²) in [5, 5.41) is 3.21. The van der Waals surface area contributed by atoms with Crippen LogP contribution in [0.15, 0.2) is 24.4 Å². The molecule has 6 heterocycles. The molecule has 0 aliphatic carbocycles. The number of hydrogen-bond acceptors (Lipinski definition) is 5. The van der Waals surface area contributed by atoms with Gasteiger partial charge in [0.25, 0.3) is 0 Å². The number of pyridine rings is 1. The molecule has 2 bridgehead atoms. The van der Waals surface area contributed by atoms with Crippen LogP contribution in [0, 0.1) is 5.92 Å². The number of thiophene rings is 1. The van der Waals surface area contributed by atoms with Crippen molar-refractivity contribution >= 4 is 11.3 Å². The van der Waals surface area contributed by atoms with E-state index in [0.717, 1.165) is 25.4 Å². The molecule has 4 aliphatic heterocycles. The standard InChI is InChI=1S/C19H23N3OS/c1-20-11-16-2-3-17(24-16)14-8-13-9-19(23-18(13)21-10-14)12-22-6-4-15(19)5-7-22/h2-3,8,10,15,20H,4-7,9,11-12H2,1H3/t19-/m0/s1. The Morgan fingerprint density at radius 1 is 1.38 bits per heavy atom. The quantitative estimate of drug-likeness (QED) is 0.931. The van der Waals surface area contributed by atoms with Gasteiger partial charge in [-0.2, -0.15) is 0 Å². The van der Waals surface area contributed by atoms with Gasteiger partial charge in [0.15, 0.2) is 0 Å². The van der Waals surface area contributed by atoms with E-state index in [2.05, 4.69) is 33.4 Å². The number of fused-ring (bicyclic) bond motifs is 3. The highest BCUT2D eigenvalue weighted by Crippen LogP contribution is 2.46. The molecule has 1 N–H and O–H groups in total. The first-order valence-corrected chi connectivity index (χ1v) is 9.71. The average molecular weight is 341 g/mol. The number of rotatable bonds is 3. The molecule has 0 unspecified atom stereocenters. The Hall–Kier alpha value is -1.43. The van der Waals surface area contributed by atoms with Crippen LogP contribution >= 0.6 is 11.3 Å². The van der Waals surface area contributed by atoms with Crippen molar-refractivity contribution in [2.75, 3.05) is 26.7 Å². The van der Waals surface area contributed by atoms with Crippen molar-refractivity contribution in [3.05, 3.63) is 34.8 Å². The first-order chi connectivity index (χ1) is 11.8. The summed E-state index contributed by atoms with van der Waals surface area (Å²) in [5.74, 6) is 1.57. The van der Waals surface area contributed by atoms with Gasteiger partial charge in [-0.25, -0.2) is 4.98 Å². The monoisotopic (exact) mass is 341 g/mol. The Labute approximate surface area is 146 Å². The first kappa shape index (κ1) is 14.9. The maximum absolute atomic E-state index is 6.44. The van der Waals surface area contributed by atoms with Gasteiger partial charge in [-0.05, 0) is 51.2 Å². The van der Waals surface area contributed by atoms with Gasteiger partial charge in [-0.15, -0.1) is 11.3 Å². The molecule has 1 spiro atoms. The third-order valence-corrected chi connectivity index (χ3v) is 6.97. The highest BCUT2D eigenvalue weighted by molar-refractivity contribution is 7.15. The lowest BCUT2D eigenvalue weighted by molar-refractivity contribution is -0.0814.